The molecule has 2 aromatic rings. The van der Waals surface area contributed by atoms with Gasteiger partial charge in [-0.15, -0.1) is 0 Å². The summed E-state index contributed by atoms with van der Waals surface area (Å²) in [6.45, 7) is 0. The van der Waals surface area contributed by atoms with E-state index in [1.54, 1.807) is 24.3 Å². The molecule has 0 fully saturated rings. The van der Waals surface area contributed by atoms with E-state index >= 15 is 0 Å². The van der Waals surface area contributed by atoms with E-state index in [-0.39, 0.29) is 11.5 Å². The van der Waals surface area contributed by atoms with Gasteiger partial charge >= 0.3 is 0 Å². The molecular weight excluding hydrogens is 312 g/mol. The number of hydrogen-bond donors (Lipinski definition) is 2. The number of phenols is 1. The van der Waals surface area contributed by atoms with Crippen LogP contribution in [-0.4, -0.2) is 38.7 Å². The van der Waals surface area contributed by atoms with Gasteiger partial charge in [-0.3, -0.25) is 0 Å². The second kappa shape index (κ2) is 5.89. The summed E-state index contributed by atoms with van der Waals surface area (Å²) in [6.07, 6.45) is -0.622. The zero-order valence-corrected chi connectivity index (χ0v) is 14.0. The minimum atomic E-state index is -1.53. The minimum Gasteiger partial charge on any atom is -0.504 e. The molecule has 0 unspecified atom stereocenters. The van der Waals surface area contributed by atoms with Crippen molar-refractivity contribution in [2.75, 3.05) is 28.4 Å². The summed E-state index contributed by atoms with van der Waals surface area (Å²) >= 11 is 0. The van der Waals surface area contributed by atoms with Gasteiger partial charge in [0, 0.05) is 18.2 Å². The highest BCUT2D eigenvalue weighted by atomic mass is 16.5. The number of ether oxygens (including phenoxy) is 4. The predicted molar refractivity (Wildman–Crippen MR) is 87.0 cm³/mol. The SMILES string of the molecule is COc1cccc([C@]2(O)c3c(ccc(O)c3OC)[C@@H]2OC)c1OC. The van der Waals surface area contributed by atoms with Crippen molar-refractivity contribution in [2.24, 2.45) is 0 Å². The van der Waals surface area contributed by atoms with Crippen LogP contribution in [0.5, 0.6) is 23.0 Å². The summed E-state index contributed by atoms with van der Waals surface area (Å²) in [6, 6.07) is 8.47. The summed E-state index contributed by atoms with van der Waals surface area (Å²) in [5.41, 5.74) is 0.157. The molecule has 2 N–H and O–H groups in total. The van der Waals surface area contributed by atoms with E-state index in [4.69, 9.17) is 18.9 Å². The first-order valence-corrected chi connectivity index (χ1v) is 7.41. The quantitative estimate of drug-likeness (QED) is 0.875. The molecule has 1 aliphatic rings. The van der Waals surface area contributed by atoms with Crippen LogP contribution in [0.15, 0.2) is 30.3 Å². The van der Waals surface area contributed by atoms with Crippen molar-refractivity contribution in [3.63, 3.8) is 0 Å². The lowest BCUT2D eigenvalue weighted by molar-refractivity contribution is -0.105. The number of fused-ring (bicyclic) bond motifs is 1. The van der Waals surface area contributed by atoms with E-state index in [0.29, 0.717) is 22.6 Å². The number of para-hydroxylation sites is 1. The van der Waals surface area contributed by atoms with E-state index in [1.165, 1.54) is 34.5 Å². The van der Waals surface area contributed by atoms with Crippen LogP contribution in [0.2, 0.25) is 0 Å². The van der Waals surface area contributed by atoms with Crippen molar-refractivity contribution in [3.05, 3.63) is 47.0 Å². The van der Waals surface area contributed by atoms with Crippen LogP contribution < -0.4 is 14.2 Å². The van der Waals surface area contributed by atoms with Gasteiger partial charge in [0.25, 0.3) is 0 Å². The molecule has 3 rings (SSSR count). The number of phenolic OH excluding ortho intramolecular Hbond substituents is 1. The Labute approximate surface area is 140 Å². The number of aliphatic hydroxyl groups is 1. The molecule has 128 valence electrons. The second-order valence-corrected chi connectivity index (χ2v) is 5.51. The van der Waals surface area contributed by atoms with Crippen molar-refractivity contribution in [1.82, 2.24) is 0 Å². The van der Waals surface area contributed by atoms with Gasteiger partial charge in [-0.25, -0.2) is 0 Å². The average Bonchev–Trinajstić information content (AvgIpc) is 2.61. The van der Waals surface area contributed by atoms with Gasteiger partial charge in [0.15, 0.2) is 28.6 Å². The molecular formula is C18H20O6. The number of hydrogen-bond acceptors (Lipinski definition) is 6. The predicted octanol–water partition coefficient (Wildman–Crippen LogP) is 2.36. The van der Waals surface area contributed by atoms with Crippen LogP contribution in [0.4, 0.5) is 0 Å². The Morgan fingerprint density at radius 1 is 0.917 bits per heavy atom. The van der Waals surface area contributed by atoms with Gasteiger partial charge in [-0.2, -0.15) is 0 Å². The zero-order chi connectivity index (χ0) is 17.5. The third-order valence-corrected chi connectivity index (χ3v) is 4.47. The number of rotatable bonds is 5. The van der Waals surface area contributed by atoms with Crippen LogP contribution in [0.3, 0.4) is 0 Å². The highest BCUT2D eigenvalue weighted by Gasteiger charge is 2.57. The highest BCUT2D eigenvalue weighted by molar-refractivity contribution is 5.67. The maximum atomic E-state index is 11.5. The first-order chi connectivity index (χ1) is 11.5. The van der Waals surface area contributed by atoms with Crippen LogP contribution in [-0.2, 0) is 10.3 Å². The molecule has 2 atom stereocenters. The third-order valence-electron chi connectivity index (χ3n) is 4.47. The monoisotopic (exact) mass is 332 g/mol. The molecule has 6 nitrogen and oxygen atoms in total. The zero-order valence-electron chi connectivity index (χ0n) is 14.0. The molecule has 1 aliphatic carbocycles. The molecule has 0 radical (unpaired) electrons. The van der Waals surface area contributed by atoms with Crippen LogP contribution >= 0.6 is 0 Å². The molecule has 0 spiro atoms. The standard InChI is InChI=1S/C18H20O6/c1-21-13-7-5-6-11(15(13)22-2)18(20)14-10(17(18)24-4)8-9-12(19)16(14)23-3/h5-9,17,19-20H,1-4H3/t17-,18-/m0/s1. The van der Waals surface area contributed by atoms with Crippen molar-refractivity contribution in [1.29, 1.82) is 0 Å². The summed E-state index contributed by atoms with van der Waals surface area (Å²) < 4.78 is 21.6. The van der Waals surface area contributed by atoms with Gasteiger partial charge in [-0.05, 0) is 17.7 Å². The summed E-state index contributed by atoms with van der Waals surface area (Å²) in [5.74, 6) is 1.06. The molecule has 6 heteroatoms. The lowest BCUT2D eigenvalue weighted by Gasteiger charge is -2.47. The van der Waals surface area contributed by atoms with E-state index in [9.17, 15) is 10.2 Å². The lowest BCUT2D eigenvalue weighted by atomic mass is 9.66. The van der Waals surface area contributed by atoms with Gasteiger partial charge < -0.3 is 29.2 Å². The molecule has 0 saturated heterocycles. The van der Waals surface area contributed by atoms with Gasteiger partial charge in [0.05, 0.1) is 21.3 Å². The van der Waals surface area contributed by atoms with Crippen molar-refractivity contribution < 1.29 is 29.2 Å². The molecule has 0 aliphatic heterocycles. The van der Waals surface area contributed by atoms with Gasteiger partial charge in [0.2, 0.25) is 0 Å². The normalized spacial score (nSPS) is 21.6. The fourth-order valence-electron chi connectivity index (χ4n) is 3.44. The third kappa shape index (κ3) is 1.96. The molecule has 24 heavy (non-hydrogen) atoms. The van der Waals surface area contributed by atoms with Gasteiger partial charge in [0.1, 0.15) is 6.10 Å². The summed E-state index contributed by atoms with van der Waals surface area (Å²) in [4.78, 5) is 0. The fraction of sp³-hybridized carbons (Fsp3) is 0.333. The largest absolute Gasteiger partial charge is 0.504 e. The number of aromatic hydroxyl groups is 1. The van der Waals surface area contributed by atoms with Crippen molar-refractivity contribution >= 4 is 0 Å². The smallest absolute Gasteiger partial charge is 0.167 e. The summed E-state index contributed by atoms with van der Waals surface area (Å²) in [7, 11) is 6.00. The van der Waals surface area contributed by atoms with Crippen LogP contribution in [0.1, 0.15) is 22.8 Å². The Hall–Kier alpha value is -2.44. The molecule has 0 bridgehead atoms. The topological polar surface area (TPSA) is 77.4 Å². The van der Waals surface area contributed by atoms with Gasteiger partial charge in [-0.1, -0.05) is 18.2 Å². The van der Waals surface area contributed by atoms with Crippen LogP contribution in [0.25, 0.3) is 0 Å². The average molecular weight is 332 g/mol. The first kappa shape index (κ1) is 16.4. The highest BCUT2D eigenvalue weighted by Crippen LogP contribution is 2.61. The molecule has 0 saturated carbocycles. The van der Waals surface area contributed by atoms with Crippen molar-refractivity contribution in [2.45, 2.75) is 11.7 Å². The second-order valence-electron chi connectivity index (χ2n) is 5.51. The fourth-order valence-corrected chi connectivity index (χ4v) is 3.44. The first-order valence-electron chi connectivity index (χ1n) is 7.41. The Kier molecular flexibility index (Phi) is 4.03. The van der Waals surface area contributed by atoms with E-state index in [2.05, 4.69) is 0 Å². The van der Waals surface area contributed by atoms with E-state index < -0.39 is 11.7 Å². The van der Waals surface area contributed by atoms with E-state index in [1.807, 2.05) is 0 Å². The molecule has 0 amide bonds. The number of methoxy groups -OCH3 is 4. The Bertz CT molecular complexity index is 772. The minimum absolute atomic E-state index is 0.0499. The van der Waals surface area contributed by atoms with Crippen LogP contribution in [0, 0.1) is 0 Å². The van der Waals surface area contributed by atoms with Crippen molar-refractivity contribution in [3.8, 4) is 23.0 Å². The Morgan fingerprint density at radius 2 is 1.62 bits per heavy atom. The lowest BCUT2D eigenvalue weighted by Crippen LogP contribution is -2.46. The Balaban J connectivity index is 2.29. The maximum Gasteiger partial charge on any atom is 0.167 e. The maximum absolute atomic E-state index is 11.5. The molecule has 2 aromatic carbocycles. The molecule has 0 aromatic heterocycles. The Morgan fingerprint density at radius 3 is 2.21 bits per heavy atom. The molecule has 0 heterocycles. The van der Waals surface area contributed by atoms with E-state index in [0.717, 1.165) is 5.56 Å². The number of benzene rings is 2. The summed E-state index contributed by atoms with van der Waals surface area (Å²) in [5, 5.41) is 21.6.